The molecule has 7 rings (SSSR count). The van der Waals surface area contributed by atoms with Crippen molar-refractivity contribution in [2.45, 2.75) is 135 Å². The van der Waals surface area contributed by atoms with E-state index >= 15 is 0 Å². The maximum atomic E-state index is 2.54. The van der Waals surface area contributed by atoms with Gasteiger partial charge in [-0.2, -0.15) is 0 Å². The fourth-order valence-electron chi connectivity index (χ4n) is 9.30. The zero-order chi connectivity index (χ0) is 32.7. The van der Waals surface area contributed by atoms with E-state index in [9.17, 15) is 0 Å². The van der Waals surface area contributed by atoms with Crippen molar-refractivity contribution in [3.8, 4) is 22.3 Å². The van der Waals surface area contributed by atoms with E-state index in [0.717, 1.165) is 0 Å². The first-order chi connectivity index (χ1) is 22.8. The van der Waals surface area contributed by atoms with Gasteiger partial charge in [0.15, 0.2) is 0 Å². The quantitative estimate of drug-likeness (QED) is 0.159. The van der Waals surface area contributed by atoms with Gasteiger partial charge in [-0.25, -0.2) is 0 Å². The first-order valence-electron chi connectivity index (χ1n) is 19.1. The number of hydrogen-bond acceptors (Lipinski definition) is 0. The van der Waals surface area contributed by atoms with Gasteiger partial charge in [0.25, 0.3) is 0 Å². The highest BCUT2D eigenvalue weighted by atomic mass is 14.3. The lowest BCUT2D eigenvalue weighted by Gasteiger charge is -2.31. The summed E-state index contributed by atoms with van der Waals surface area (Å²) in [5.74, 6) is 2.68. The van der Waals surface area contributed by atoms with E-state index in [1.807, 2.05) is 0 Å². The Morgan fingerprint density at radius 1 is 0.404 bits per heavy atom. The van der Waals surface area contributed by atoms with Crippen molar-refractivity contribution < 1.29 is 0 Å². The smallest absolute Gasteiger partial charge is 0.00206 e. The van der Waals surface area contributed by atoms with Crippen LogP contribution in [-0.4, -0.2) is 0 Å². The van der Waals surface area contributed by atoms with Crippen LogP contribution in [-0.2, 0) is 0 Å². The molecule has 47 heavy (non-hydrogen) atoms. The molecule has 5 aromatic rings. The van der Waals surface area contributed by atoms with Gasteiger partial charge in [-0.15, -0.1) is 0 Å². The predicted molar refractivity (Wildman–Crippen MR) is 206 cm³/mol. The lowest BCUT2D eigenvalue weighted by molar-refractivity contribution is 0.437. The first kappa shape index (κ1) is 32.2. The molecule has 0 saturated heterocycles. The Kier molecular flexibility index (Phi) is 9.33. The molecular weight excluding hydrogens is 565 g/mol. The van der Waals surface area contributed by atoms with Gasteiger partial charge in [0.2, 0.25) is 0 Å². The summed E-state index contributed by atoms with van der Waals surface area (Å²) < 4.78 is 0. The molecule has 0 heterocycles. The Morgan fingerprint density at radius 2 is 0.787 bits per heavy atom. The molecule has 0 amide bonds. The van der Waals surface area contributed by atoms with Crippen LogP contribution in [0.1, 0.15) is 163 Å². The summed E-state index contributed by atoms with van der Waals surface area (Å²) in [5, 5.41) is 5.68. The predicted octanol–water partition coefficient (Wildman–Crippen LogP) is 14.8. The van der Waals surface area contributed by atoms with Gasteiger partial charge in [-0.05, 0) is 127 Å². The van der Waals surface area contributed by atoms with E-state index in [-0.39, 0.29) is 0 Å². The molecule has 2 aliphatic carbocycles. The molecule has 2 saturated carbocycles. The molecule has 0 nitrogen and oxygen atoms in total. The van der Waals surface area contributed by atoms with Crippen LogP contribution in [0, 0.1) is 0 Å². The van der Waals surface area contributed by atoms with E-state index in [1.165, 1.54) is 119 Å². The average Bonchev–Trinajstić information content (AvgIpc) is 3.10. The van der Waals surface area contributed by atoms with E-state index in [4.69, 9.17) is 0 Å². The molecule has 244 valence electrons. The van der Waals surface area contributed by atoms with Crippen LogP contribution < -0.4 is 0 Å². The third kappa shape index (κ3) is 5.96. The summed E-state index contributed by atoms with van der Waals surface area (Å²) in [7, 11) is 0. The summed E-state index contributed by atoms with van der Waals surface area (Å²) in [6, 6.07) is 31.5. The maximum Gasteiger partial charge on any atom is -0.00206 e. The highest BCUT2D eigenvalue weighted by Gasteiger charge is 2.29. The second-order valence-electron chi connectivity index (χ2n) is 15.9. The molecule has 0 bridgehead atoms. The zero-order valence-electron chi connectivity index (χ0n) is 30.0. The van der Waals surface area contributed by atoms with Crippen molar-refractivity contribution in [2.75, 3.05) is 0 Å². The summed E-state index contributed by atoms with van der Waals surface area (Å²) >= 11 is 0. The van der Waals surface area contributed by atoms with Crippen molar-refractivity contribution in [1.29, 1.82) is 0 Å². The lowest BCUT2D eigenvalue weighted by atomic mass is 9.73. The standard InChI is InChI=1S/C47H56/c1-30(2)35-28-42(31(3)4)47(43(29-35)32(5)6)46-40-24-15-13-22-38(40)45(39-23-14-16-25-41(39)46)44-36(33-18-9-7-10-19-33)26-17-27-37(44)34-20-11-8-12-21-34/h13-17,22-34H,7-12,18-21H2,1-6H3. The van der Waals surface area contributed by atoms with Crippen molar-refractivity contribution in [2.24, 2.45) is 0 Å². The summed E-state index contributed by atoms with van der Waals surface area (Å²) in [4.78, 5) is 0. The van der Waals surface area contributed by atoms with Crippen molar-refractivity contribution in [3.05, 3.63) is 107 Å². The molecule has 2 fully saturated rings. The van der Waals surface area contributed by atoms with E-state index < -0.39 is 0 Å². The van der Waals surface area contributed by atoms with Gasteiger partial charge >= 0.3 is 0 Å². The topological polar surface area (TPSA) is 0 Å². The Hall–Kier alpha value is -3.38. The second-order valence-corrected chi connectivity index (χ2v) is 15.9. The Bertz CT molecular complexity index is 1750. The van der Waals surface area contributed by atoms with Crippen LogP contribution in [0.15, 0.2) is 78.9 Å². The fourth-order valence-corrected chi connectivity index (χ4v) is 9.30. The van der Waals surface area contributed by atoms with Gasteiger partial charge < -0.3 is 0 Å². The van der Waals surface area contributed by atoms with Crippen LogP contribution in [0.5, 0.6) is 0 Å². The lowest BCUT2D eigenvalue weighted by Crippen LogP contribution is -2.11. The number of hydrogen-bond donors (Lipinski definition) is 0. The molecule has 0 aliphatic heterocycles. The molecule has 0 heteroatoms. The van der Waals surface area contributed by atoms with E-state index in [1.54, 1.807) is 16.7 Å². The molecule has 0 unspecified atom stereocenters. The molecule has 0 spiro atoms. The van der Waals surface area contributed by atoms with E-state index in [2.05, 4.69) is 120 Å². The SMILES string of the molecule is CC(C)c1cc(C(C)C)c(-c2c3ccccc3c(-c3c(C4CCCCC4)cccc3C3CCCCC3)c3ccccc23)c(C(C)C)c1. The number of fused-ring (bicyclic) bond motifs is 2. The third-order valence-corrected chi connectivity index (χ3v) is 11.8. The summed E-state index contributed by atoms with van der Waals surface area (Å²) in [5.41, 5.74) is 13.7. The number of benzene rings is 5. The van der Waals surface area contributed by atoms with Gasteiger partial charge in [-0.3, -0.25) is 0 Å². The van der Waals surface area contributed by atoms with Gasteiger partial charge in [-0.1, -0.05) is 159 Å². The molecule has 5 aromatic carbocycles. The van der Waals surface area contributed by atoms with Crippen LogP contribution in [0.3, 0.4) is 0 Å². The van der Waals surface area contributed by atoms with Gasteiger partial charge in [0.05, 0.1) is 0 Å². The van der Waals surface area contributed by atoms with Crippen LogP contribution in [0.2, 0.25) is 0 Å². The third-order valence-electron chi connectivity index (χ3n) is 11.8. The second kappa shape index (κ2) is 13.6. The highest BCUT2D eigenvalue weighted by molar-refractivity contribution is 6.22. The zero-order valence-corrected chi connectivity index (χ0v) is 30.0. The highest BCUT2D eigenvalue weighted by Crippen LogP contribution is 2.52. The van der Waals surface area contributed by atoms with Crippen LogP contribution >= 0.6 is 0 Å². The van der Waals surface area contributed by atoms with E-state index in [0.29, 0.717) is 29.6 Å². The van der Waals surface area contributed by atoms with Crippen molar-refractivity contribution in [3.63, 3.8) is 0 Å². The molecule has 0 atom stereocenters. The minimum Gasteiger partial charge on any atom is -0.0617 e. The maximum absolute atomic E-state index is 2.54. The summed E-state index contributed by atoms with van der Waals surface area (Å²) in [6.07, 6.45) is 13.5. The van der Waals surface area contributed by atoms with Crippen LogP contribution in [0.4, 0.5) is 0 Å². The minimum absolute atomic E-state index is 0.434. The summed E-state index contributed by atoms with van der Waals surface area (Å²) in [6.45, 7) is 14.3. The normalized spacial score (nSPS) is 16.7. The van der Waals surface area contributed by atoms with Crippen molar-refractivity contribution >= 4 is 21.5 Å². The molecular formula is C47H56. The van der Waals surface area contributed by atoms with Crippen molar-refractivity contribution in [1.82, 2.24) is 0 Å². The average molecular weight is 621 g/mol. The van der Waals surface area contributed by atoms with Gasteiger partial charge in [0.1, 0.15) is 0 Å². The first-order valence-corrected chi connectivity index (χ1v) is 19.1. The molecule has 0 aromatic heterocycles. The van der Waals surface area contributed by atoms with Crippen LogP contribution in [0.25, 0.3) is 43.8 Å². The Morgan fingerprint density at radius 3 is 1.15 bits per heavy atom. The number of rotatable bonds is 7. The largest absolute Gasteiger partial charge is 0.0617 e. The molecule has 0 N–H and O–H groups in total. The minimum atomic E-state index is 0.434. The molecule has 2 aliphatic rings. The Labute approximate surface area is 285 Å². The fraction of sp³-hybridized carbons (Fsp3) is 0.447. The van der Waals surface area contributed by atoms with Gasteiger partial charge in [0, 0.05) is 0 Å². The molecule has 0 radical (unpaired) electrons. The Balaban J connectivity index is 1.62. The monoisotopic (exact) mass is 620 g/mol.